The normalized spacial score (nSPS) is 13.0. The number of carbonyl (C=O) groups is 4. The second-order valence-corrected chi connectivity index (χ2v) is 5.89. The van der Waals surface area contributed by atoms with E-state index in [0.717, 1.165) is 22.6 Å². The molecule has 27 heavy (non-hydrogen) atoms. The number of rotatable bonds is 5. The summed E-state index contributed by atoms with van der Waals surface area (Å²) in [5, 5.41) is 2.64. The van der Waals surface area contributed by atoms with Crippen molar-refractivity contribution in [1.29, 1.82) is 0 Å². The average molecular weight is 364 g/mol. The van der Waals surface area contributed by atoms with Crippen molar-refractivity contribution >= 4 is 35.1 Å². The Morgan fingerprint density at radius 2 is 1.70 bits per heavy atom. The number of anilines is 2. The van der Waals surface area contributed by atoms with E-state index in [1.807, 2.05) is 13.0 Å². The highest BCUT2D eigenvalue weighted by Crippen LogP contribution is 2.20. The minimum absolute atomic E-state index is 0.128. The summed E-state index contributed by atoms with van der Waals surface area (Å²) < 4.78 is 5.01. The Bertz CT molecular complexity index is 946. The monoisotopic (exact) mass is 364 g/mol. The van der Waals surface area contributed by atoms with Crippen molar-refractivity contribution in [1.82, 2.24) is 0 Å². The molecule has 1 aliphatic rings. The first-order valence-corrected chi connectivity index (χ1v) is 8.14. The van der Waals surface area contributed by atoms with Gasteiger partial charge in [-0.25, -0.2) is 9.69 Å². The lowest BCUT2D eigenvalue weighted by molar-refractivity contribution is -0.120. The van der Waals surface area contributed by atoms with Crippen molar-refractivity contribution in [2.45, 2.75) is 6.92 Å². The van der Waals surface area contributed by atoms with E-state index >= 15 is 0 Å². The Kier molecular flexibility index (Phi) is 5.12. The fraction of sp³-hybridized carbons (Fsp3) is 0.100. The number of hydrogen-bond acceptors (Lipinski definition) is 5. The van der Waals surface area contributed by atoms with E-state index < -0.39 is 30.3 Å². The van der Waals surface area contributed by atoms with Crippen LogP contribution in [0.2, 0.25) is 0 Å². The molecule has 2 aromatic carbocycles. The smallest absolute Gasteiger partial charge is 0.338 e. The van der Waals surface area contributed by atoms with Gasteiger partial charge in [-0.15, -0.1) is 0 Å². The molecule has 0 bridgehead atoms. The molecule has 1 aliphatic heterocycles. The van der Waals surface area contributed by atoms with E-state index in [4.69, 9.17) is 4.74 Å². The molecule has 1 heterocycles. The third-order valence-corrected chi connectivity index (χ3v) is 3.79. The van der Waals surface area contributed by atoms with Crippen molar-refractivity contribution in [3.05, 3.63) is 71.8 Å². The summed E-state index contributed by atoms with van der Waals surface area (Å²) >= 11 is 0. The predicted molar refractivity (Wildman–Crippen MR) is 98.2 cm³/mol. The molecule has 0 aliphatic carbocycles. The van der Waals surface area contributed by atoms with Gasteiger partial charge in [-0.2, -0.15) is 0 Å². The van der Waals surface area contributed by atoms with Crippen molar-refractivity contribution < 1.29 is 23.9 Å². The van der Waals surface area contributed by atoms with E-state index in [2.05, 4.69) is 5.32 Å². The quantitative estimate of drug-likeness (QED) is 0.649. The molecule has 136 valence electrons. The van der Waals surface area contributed by atoms with Crippen LogP contribution in [0.3, 0.4) is 0 Å². The van der Waals surface area contributed by atoms with Crippen molar-refractivity contribution in [2.75, 3.05) is 16.8 Å². The Hall–Kier alpha value is -3.74. The predicted octanol–water partition coefficient (Wildman–Crippen LogP) is 2.22. The molecule has 0 saturated heterocycles. The number of carbonyl (C=O) groups excluding carboxylic acids is 4. The van der Waals surface area contributed by atoms with Crippen LogP contribution >= 0.6 is 0 Å². The van der Waals surface area contributed by atoms with Crippen LogP contribution < -0.4 is 10.2 Å². The molecule has 0 unspecified atom stereocenters. The van der Waals surface area contributed by atoms with Crippen LogP contribution in [0.5, 0.6) is 0 Å². The third kappa shape index (κ3) is 4.27. The highest BCUT2D eigenvalue weighted by atomic mass is 16.5. The minimum Gasteiger partial charge on any atom is -0.452 e. The summed E-state index contributed by atoms with van der Waals surface area (Å²) in [6.07, 6.45) is 2.31. The maximum absolute atomic E-state index is 12.2. The molecule has 0 saturated carbocycles. The Labute approximate surface area is 155 Å². The van der Waals surface area contributed by atoms with E-state index in [1.54, 1.807) is 18.2 Å². The zero-order valence-corrected chi connectivity index (χ0v) is 14.5. The Morgan fingerprint density at radius 1 is 1.00 bits per heavy atom. The van der Waals surface area contributed by atoms with Crippen molar-refractivity contribution in [3.63, 3.8) is 0 Å². The van der Waals surface area contributed by atoms with Crippen LogP contribution in [-0.2, 0) is 19.1 Å². The molecule has 3 amide bonds. The molecular formula is C20H16N2O5. The summed E-state index contributed by atoms with van der Waals surface area (Å²) in [5.41, 5.74) is 1.98. The van der Waals surface area contributed by atoms with Crippen LogP contribution in [0.4, 0.5) is 11.4 Å². The van der Waals surface area contributed by atoms with Gasteiger partial charge in [0.2, 0.25) is 0 Å². The highest BCUT2D eigenvalue weighted by Gasteiger charge is 2.25. The first-order chi connectivity index (χ1) is 12.9. The number of ether oxygens (including phenoxy) is 1. The number of benzene rings is 2. The number of esters is 1. The minimum atomic E-state index is -0.733. The average Bonchev–Trinajstić information content (AvgIpc) is 2.98. The first-order valence-electron chi connectivity index (χ1n) is 8.14. The van der Waals surface area contributed by atoms with Gasteiger partial charge in [-0.3, -0.25) is 14.4 Å². The molecule has 0 aromatic heterocycles. The molecule has 7 heteroatoms. The number of aryl methyl sites for hydroxylation is 1. The zero-order valence-electron chi connectivity index (χ0n) is 14.5. The molecule has 1 N–H and O–H groups in total. The molecule has 0 radical (unpaired) electrons. The summed E-state index contributed by atoms with van der Waals surface area (Å²) in [7, 11) is 0. The van der Waals surface area contributed by atoms with Crippen LogP contribution in [0, 0.1) is 6.92 Å². The lowest BCUT2D eigenvalue weighted by atomic mass is 10.2. The summed E-state index contributed by atoms with van der Waals surface area (Å²) in [4.78, 5) is 48.5. The standard InChI is InChI=1S/C20H16N2O5/c1-13-4-2-6-15(10-13)21-17(23)12-27-20(26)14-5-3-7-16(11-14)22-18(24)8-9-19(22)25/h2-11H,12H2,1H3,(H,21,23). The fourth-order valence-electron chi connectivity index (χ4n) is 2.56. The van der Waals surface area contributed by atoms with Crippen LogP contribution in [0.25, 0.3) is 0 Å². The zero-order chi connectivity index (χ0) is 19.4. The van der Waals surface area contributed by atoms with Gasteiger partial charge in [0.05, 0.1) is 11.3 Å². The Balaban J connectivity index is 1.61. The van der Waals surface area contributed by atoms with E-state index in [0.29, 0.717) is 5.69 Å². The summed E-state index contributed by atoms with van der Waals surface area (Å²) in [5.74, 6) is -2.17. The number of hydrogen-bond donors (Lipinski definition) is 1. The lowest BCUT2D eigenvalue weighted by Gasteiger charge is -2.14. The first kappa shape index (κ1) is 18.1. The molecule has 2 aromatic rings. The highest BCUT2D eigenvalue weighted by molar-refractivity contribution is 6.28. The van der Waals surface area contributed by atoms with Gasteiger partial charge in [0.25, 0.3) is 17.7 Å². The van der Waals surface area contributed by atoms with E-state index in [1.165, 1.54) is 24.3 Å². The van der Waals surface area contributed by atoms with Gasteiger partial charge in [0.1, 0.15) is 0 Å². The number of amides is 3. The van der Waals surface area contributed by atoms with Gasteiger partial charge >= 0.3 is 5.97 Å². The van der Waals surface area contributed by atoms with E-state index in [9.17, 15) is 19.2 Å². The van der Waals surface area contributed by atoms with Crippen LogP contribution in [0.1, 0.15) is 15.9 Å². The molecular weight excluding hydrogens is 348 g/mol. The second-order valence-electron chi connectivity index (χ2n) is 5.89. The molecule has 7 nitrogen and oxygen atoms in total. The van der Waals surface area contributed by atoms with Gasteiger partial charge in [0.15, 0.2) is 6.61 Å². The van der Waals surface area contributed by atoms with Crippen molar-refractivity contribution in [3.8, 4) is 0 Å². The summed E-state index contributed by atoms with van der Waals surface area (Å²) in [6.45, 7) is 1.44. The van der Waals surface area contributed by atoms with Crippen LogP contribution in [-0.4, -0.2) is 30.3 Å². The SMILES string of the molecule is Cc1cccc(NC(=O)COC(=O)c2cccc(N3C(=O)C=CC3=O)c2)c1. The van der Waals surface area contributed by atoms with E-state index in [-0.39, 0.29) is 11.3 Å². The topological polar surface area (TPSA) is 92.8 Å². The number of nitrogens with one attached hydrogen (secondary N) is 1. The summed E-state index contributed by atoms with van der Waals surface area (Å²) in [6, 6.07) is 13.1. The van der Waals surface area contributed by atoms with Gasteiger partial charge in [-0.05, 0) is 42.8 Å². The van der Waals surface area contributed by atoms with Gasteiger partial charge in [0, 0.05) is 17.8 Å². The maximum Gasteiger partial charge on any atom is 0.338 e. The third-order valence-electron chi connectivity index (χ3n) is 3.79. The van der Waals surface area contributed by atoms with Crippen molar-refractivity contribution in [2.24, 2.45) is 0 Å². The fourth-order valence-corrected chi connectivity index (χ4v) is 2.56. The number of imide groups is 1. The molecule has 3 rings (SSSR count). The maximum atomic E-state index is 12.2. The van der Waals surface area contributed by atoms with Crippen LogP contribution in [0.15, 0.2) is 60.7 Å². The second kappa shape index (κ2) is 7.65. The lowest BCUT2D eigenvalue weighted by Crippen LogP contribution is -2.29. The number of nitrogens with zero attached hydrogens (tertiary/aromatic N) is 1. The van der Waals surface area contributed by atoms with Gasteiger partial charge in [-0.1, -0.05) is 18.2 Å². The largest absolute Gasteiger partial charge is 0.452 e. The van der Waals surface area contributed by atoms with Gasteiger partial charge < -0.3 is 10.1 Å². The molecule has 0 fully saturated rings. The molecule has 0 spiro atoms. The molecule has 0 atom stereocenters. The Morgan fingerprint density at radius 3 is 2.41 bits per heavy atom.